The molecule has 0 aliphatic carbocycles. The molecule has 0 bridgehead atoms. The highest BCUT2D eigenvalue weighted by atomic mass is 35.5. The minimum atomic E-state index is 0.261. The summed E-state index contributed by atoms with van der Waals surface area (Å²) in [6.07, 6.45) is 2.87. The highest BCUT2D eigenvalue weighted by molar-refractivity contribution is 6.32. The second-order valence-electron chi connectivity index (χ2n) is 5.84. The molecule has 1 fully saturated rings. The van der Waals surface area contributed by atoms with Gasteiger partial charge in [0.15, 0.2) is 0 Å². The van der Waals surface area contributed by atoms with Crippen LogP contribution in [0.3, 0.4) is 0 Å². The second kappa shape index (κ2) is 6.61. The fraction of sp³-hybridized carbons (Fsp3) is 0.500. The molecule has 110 valence electrons. The van der Waals surface area contributed by atoms with Crippen LogP contribution < -0.4 is 10.5 Å². The van der Waals surface area contributed by atoms with Gasteiger partial charge >= 0.3 is 0 Å². The number of nitrogens with two attached hydrogens (primary N) is 1. The normalized spacial score (nSPS) is 22.9. The molecule has 1 saturated heterocycles. The Labute approximate surface area is 126 Å². The third kappa shape index (κ3) is 3.75. The smallest absolute Gasteiger partial charge is 0.138 e. The van der Waals surface area contributed by atoms with Gasteiger partial charge in [0.05, 0.1) is 5.02 Å². The molecule has 0 amide bonds. The average Bonchev–Trinajstić information content (AvgIpc) is 2.80. The zero-order chi connectivity index (χ0) is 14.6. The van der Waals surface area contributed by atoms with Crippen molar-refractivity contribution in [3.63, 3.8) is 0 Å². The molecule has 1 aromatic rings. The van der Waals surface area contributed by atoms with Crippen LogP contribution in [0.25, 0.3) is 0 Å². The lowest BCUT2D eigenvalue weighted by atomic mass is 9.90. The first kappa shape index (κ1) is 15.4. The standard InChI is InChI=1S/C16H23ClN2O/c1-3-8-20-15-5-4-13(9-14(15)17)10-19-7-6-16(2,11-18)12-19/h3-5,9H,1,6-8,10-12,18H2,2H3. The molecule has 20 heavy (non-hydrogen) atoms. The number of benzene rings is 1. The largest absolute Gasteiger partial charge is 0.488 e. The summed E-state index contributed by atoms with van der Waals surface area (Å²) in [6.45, 7) is 10.2. The Hall–Kier alpha value is -1.03. The molecular weight excluding hydrogens is 272 g/mol. The first-order valence-corrected chi connectivity index (χ1v) is 7.39. The zero-order valence-electron chi connectivity index (χ0n) is 12.1. The Kier molecular flexibility index (Phi) is 5.08. The van der Waals surface area contributed by atoms with Gasteiger partial charge in [0.2, 0.25) is 0 Å². The summed E-state index contributed by atoms with van der Waals surface area (Å²) >= 11 is 6.24. The molecule has 0 spiro atoms. The van der Waals surface area contributed by atoms with Crippen LogP contribution in [-0.4, -0.2) is 31.1 Å². The molecule has 1 heterocycles. The van der Waals surface area contributed by atoms with E-state index >= 15 is 0 Å². The van der Waals surface area contributed by atoms with E-state index in [1.54, 1.807) is 6.08 Å². The second-order valence-corrected chi connectivity index (χ2v) is 6.25. The van der Waals surface area contributed by atoms with Crippen molar-refractivity contribution in [3.8, 4) is 5.75 Å². The first-order valence-electron chi connectivity index (χ1n) is 7.01. The van der Waals surface area contributed by atoms with Crippen molar-refractivity contribution >= 4 is 11.6 Å². The molecule has 1 aliphatic heterocycles. The maximum atomic E-state index is 6.24. The van der Waals surface area contributed by atoms with E-state index in [1.165, 1.54) is 5.56 Å². The first-order chi connectivity index (χ1) is 9.56. The molecule has 0 saturated carbocycles. The monoisotopic (exact) mass is 294 g/mol. The summed E-state index contributed by atoms with van der Waals surface area (Å²) in [5.74, 6) is 0.712. The van der Waals surface area contributed by atoms with Crippen molar-refractivity contribution < 1.29 is 4.74 Å². The number of rotatable bonds is 6. The lowest BCUT2D eigenvalue weighted by Gasteiger charge is -2.22. The van der Waals surface area contributed by atoms with Crippen LogP contribution in [0, 0.1) is 5.41 Å². The summed E-state index contributed by atoms with van der Waals surface area (Å²) in [7, 11) is 0. The van der Waals surface area contributed by atoms with Crippen LogP contribution in [0.5, 0.6) is 5.75 Å². The zero-order valence-corrected chi connectivity index (χ0v) is 12.8. The van der Waals surface area contributed by atoms with Crippen molar-refractivity contribution in [2.45, 2.75) is 19.9 Å². The van der Waals surface area contributed by atoms with E-state index in [-0.39, 0.29) is 5.41 Å². The fourth-order valence-electron chi connectivity index (χ4n) is 2.59. The molecule has 0 aromatic heterocycles. The van der Waals surface area contributed by atoms with E-state index in [9.17, 15) is 0 Å². The SMILES string of the molecule is C=CCOc1ccc(CN2CCC(C)(CN)C2)cc1Cl. The summed E-state index contributed by atoms with van der Waals surface area (Å²) in [6, 6.07) is 5.99. The number of nitrogens with zero attached hydrogens (tertiary/aromatic N) is 1. The van der Waals surface area contributed by atoms with Crippen LogP contribution >= 0.6 is 11.6 Å². The molecule has 0 radical (unpaired) electrons. The van der Waals surface area contributed by atoms with E-state index in [2.05, 4.69) is 24.5 Å². The lowest BCUT2D eigenvalue weighted by Crippen LogP contribution is -2.31. The van der Waals surface area contributed by atoms with Crippen LogP contribution in [0.4, 0.5) is 0 Å². The van der Waals surface area contributed by atoms with Gasteiger partial charge < -0.3 is 10.5 Å². The molecular formula is C16H23ClN2O. The summed E-state index contributed by atoms with van der Waals surface area (Å²) in [5.41, 5.74) is 7.31. The van der Waals surface area contributed by atoms with E-state index in [0.29, 0.717) is 17.4 Å². The van der Waals surface area contributed by atoms with Gasteiger partial charge in [-0.2, -0.15) is 0 Å². The fourth-order valence-corrected chi connectivity index (χ4v) is 2.85. The van der Waals surface area contributed by atoms with Crippen molar-refractivity contribution in [2.75, 3.05) is 26.2 Å². The minimum absolute atomic E-state index is 0.261. The molecule has 1 aliphatic rings. The predicted molar refractivity (Wildman–Crippen MR) is 84.2 cm³/mol. The summed E-state index contributed by atoms with van der Waals surface area (Å²) in [4.78, 5) is 2.43. The Morgan fingerprint density at radius 2 is 2.35 bits per heavy atom. The number of halogens is 1. The van der Waals surface area contributed by atoms with Crippen LogP contribution in [0.15, 0.2) is 30.9 Å². The van der Waals surface area contributed by atoms with Crippen LogP contribution in [0.2, 0.25) is 5.02 Å². The Morgan fingerprint density at radius 3 is 2.95 bits per heavy atom. The Balaban J connectivity index is 1.97. The van der Waals surface area contributed by atoms with Gasteiger partial charge in [-0.3, -0.25) is 4.90 Å². The maximum absolute atomic E-state index is 6.24. The summed E-state index contributed by atoms with van der Waals surface area (Å²) < 4.78 is 5.48. The van der Waals surface area contributed by atoms with E-state index in [0.717, 1.165) is 32.6 Å². The highest BCUT2D eigenvalue weighted by Crippen LogP contribution is 2.31. The minimum Gasteiger partial charge on any atom is -0.488 e. The van der Waals surface area contributed by atoms with Gasteiger partial charge in [-0.15, -0.1) is 0 Å². The third-order valence-corrected chi connectivity index (χ3v) is 4.18. The Morgan fingerprint density at radius 1 is 1.55 bits per heavy atom. The van der Waals surface area contributed by atoms with Crippen molar-refractivity contribution in [3.05, 3.63) is 41.4 Å². The lowest BCUT2D eigenvalue weighted by molar-refractivity contribution is 0.274. The molecule has 1 atom stereocenters. The number of hydrogen-bond donors (Lipinski definition) is 1. The van der Waals surface area contributed by atoms with E-state index < -0.39 is 0 Å². The average molecular weight is 295 g/mol. The molecule has 1 unspecified atom stereocenters. The van der Waals surface area contributed by atoms with E-state index in [1.807, 2.05) is 12.1 Å². The maximum Gasteiger partial charge on any atom is 0.138 e. The Bertz CT molecular complexity index is 478. The van der Waals surface area contributed by atoms with Gasteiger partial charge in [-0.1, -0.05) is 37.2 Å². The van der Waals surface area contributed by atoms with Crippen LogP contribution in [-0.2, 0) is 6.54 Å². The van der Waals surface area contributed by atoms with Gasteiger partial charge in [-0.25, -0.2) is 0 Å². The van der Waals surface area contributed by atoms with Crippen molar-refractivity contribution in [1.82, 2.24) is 4.90 Å². The van der Waals surface area contributed by atoms with Crippen molar-refractivity contribution in [2.24, 2.45) is 11.1 Å². The van der Waals surface area contributed by atoms with Gasteiger partial charge in [0.1, 0.15) is 12.4 Å². The molecule has 2 rings (SSSR count). The number of likely N-dealkylation sites (tertiary alicyclic amines) is 1. The van der Waals surface area contributed by atoms with Crippen LogP contribution in [0.1, 0.15) is 18.9 Å². The topological polar surface area (TPSA) is 38.5 Å². The molecule has 4 heteroatoms. The molecule has 3 nitrogen and oxygen atoms in total. The summed E-state index contributed by atoms with van der Waals surface area (Å²) in [5, 5.41) is 0.658. The molecule has 2 N–H and O–H groups in total. The number of ether oxygens (including phenoxy) is 1. The number of hydrogen-bond acceptors (Lipinski definition) is 3. The molecule has 1 aromatic carbocycles. The van der Waals surface area contributed by atoms with Gasteiger partial charge in [0.25, 0.3) is 0 Å². The van der Waals surface area contributed by atoms with Gasteiger partial charge in [-0.05, 0) is 42.6 Å². The third-order valence-electron chi connectivity index (χ3n) is 3.89. The highest BCUT2D eigenvalue weighted by Gasteiger charge is 2.32. The quantitative estimate of drug-likeness (QED) is 0.820. The van der Waals surface area contributed by atoms with Gasteiger partial charge in [0, 0.05) is 13.1 Å². The van der Waals surface area contributed by atoms with E-state index in [4.69, 9.17) is 22.1 Å². The predicted octanol–water partition coefficient (Wildman–Crippen LogP) is 3.08. The van der Waals surface area contributed by atoms with Crippen molar-refractivity contribution in [1.29, 1.82) is 0 Å².